The molecule has 0 spiro atoms. The fourth-order valence-corrected chi connectivity index (χ4v) is 2.96. The van der Waals surface area contributed by atoms with Gasteiger partial charge in [-0.1, -0.05) is 29.8 Å². The van der Waals surface area contributed by atoms with Crippen LogP contribution in [0.3, 0.4) is 0 Å². The summed E-state index contributed by atoms with van der Waals surface area (Å²) in [5, 5.41) is 7.67. The van der Waals surface area contributed by atoms with E-state index in [4.69, 9.17) is 11.6 Å². The highest BCUT2D eigenvalue weighted by molar-refractivity contribution is 9.10. The second-order valence-corrected chi connectivity index (χ2v) is 6.23. The van der Waals surface area contributed by atoms with E-state index in [0.29, 0.717) is 0 Å². The molecular weight excluding hydrogens is 336 g/mol. The average Bonchev–Trinajstić information content (AvgIpc) is 2.48. The van der Waals surface area contributed by atoms with Gasteiger partial charge in [-0.15, -0.1) is 0 Å². The molecule has 0 fully saturated rings. The number of aryl methyl sites for hydroxylation is 1. The van der Waals surface area contributed by atoms with Gasteiger partial charge in [0.15, 0.2) is 0 Å². The van der Waals surface area contributed by atoms with Crippen molar-refractivity contribution in [3.05, 3.63) is 57.0 Å². The van der Waals surface area contributed by atoms with E-state index >= 15 is 0 Å². The van der Waals surface area contributed by atoms with Crippen molar-refractivity contribution >= 4 is 38.9 Å². The van der Waals surface area contributed by atoms with Gasteiger partial charge in [0.2, 0.25) is 0 Å². The predicted molar refractivity (Wildman–Crippen MR) is 89.7 cm³/mol. The standard InChI is InChI=1S/C16H16BrClN2/c17-14-7-6-13(9-15(14)18)20-10-12-4-1-3-11-5-2-8-19-16(11)12/h1,3-4,6-7,9,19-20H,2,5,8,10H2. The van der Waals surface area contributed by atoms with E-state index in [2.05, 4.69) is 44.8 Å². The second kappa shape index (κ2) is 6.06. The molecule has 104 valence electrons. The van der Waals surface area contributed by atoms with Crippen LogP contribution in [0.2, 0.25) is 5.02 Å². The van der Waals surface area contributed by atoms with Gasteiger partial charge in [-0.2, -0.15) is 0 Å². The average molecular weight is 352 g/mol. The molecular formula is C16H16BrClN2. The largest absolute Gasteiger partial charge is 0.385 e. The molecule has 0 aromatic heterocycles. The SMILES string of the molecule is Clc1cc(NCc2cccc3c2NCCC3)ccc1Br. The normalized spacial score (nSPS) is 13.5. The molecule has 0 unspecified atom stereocenters. The molecule has 0 atom stereocenters. The maximum atomic E-state index is 6.11. The van der Waals surface area contributed by atoms with Crippen LogP contribution in [0.5, 0.6) is 0 Å². The molecule has 0 saturated carbocycles. The summed E-state index contributed by atoms with van der Waals surface area (Å²) in [6, 6.07) is 12.4. The third-order valence-corrected chi connectivity index (χ3v) is 4.80. The number of nitrogens with one attached hydrogen (secondary N) is 2. The van der Waals surface area contributed by atoms with Gasteiger partial charge in [-0.3, -0.25) is 0 Å². The van der Waals surface area contributed by atoms with E-state index in [-0.39, 0.29) is 0 Å². The Balaban J connectivity index is 1.76. The van der Waals surface area contributed by atoms with Gasteiger partial charge in [-0.25, -0.2) is 0 Å². The van der Waals surface area contributed by atoms with E-state index in [9.17, 15) is 0 Å². The zero-order chi connectivity index (χ0) is 13.9. The number of anilines is 2. The molecule has 1 aliphatic rings. The van der Waals surface area contributed by atoms with Crippen LogP contribution in [0.15, 0.2) is 40.9 Å². The van der Waals surface area contributed by atoms with Crippen LogP contribution >= 0.6 is 27.5 Å². The summed E-state index contributed by atoms with van der Waals surface area (Å²) in [6.07, 6.45) is 2.38. The van der Waals surface area contributed by atoms with Gasteiger partial charge in [0, 0.05) is 28.9 Å². The first-order chi connectivity index (χ1) is 9.74. The number of hydrogen-bond donors (Lipinski definition) is 2. The fraction of sp³-hybridized carbons (Fsp3) is 0.250. The van der Waals surface area contributed by atoms with Gasteiger partial charge in [0.1, 0.15) is 0 Å². The van der Waals surface area contributed by atoms with Crippen molar-refractivity contribution in [1.29, 1.82) is 0 Å². The van der Waals surface area contributed by atoms with Crippen molar-refractivity contribution in [1.82, 2.24) is 0 Å². The maximum Gasteiger partial charge on any atom is 0.0568 e. The Labute approximate surface area is 132 Å². The first-order valence-corrected chi connectivity index (χ1v) is 7.95. The molecule has 0 radical (unpaired) electrons. The van der Waals surface area contributed by atoms with Crippen molar-refractivity contribution in [2.24, 2.45) is 0 Å². The lowest BCUT2D eigenvalue weighted by Gasteiger charge is -2.21. The Morgan fingerprint density at radius 3 is 3.00 bits per heavy atom. The van der Waals surface area contributed by atoms with Crippen LogP contribution in [0.4, 0.5) is 11.4 Å². The van der Waals surface area contributed by atoms with Crippen LogP contribution in [0, 0.1) is 0 Å². The van der Waals surface area contributed by atoms with Crippen LogP contribution in [0.25, 0.3) is 0 Å². The second-order valence-electron chi connectivity index (χ2n) is 4.96. The summed E-state index contributed by atoms with van der Waals surface area (Å²) >= 11 is 9.52. The Morgan fingerprint density at radius 1 is 1.25 bits per heavy atom. The van der Waals surface area contributed by atoms with Crippen LogP contribution in [0.1, 0.15) is 17.5 Å². The molecule has 0 aliphatic carbocycles. The molecule has 3 rings (SSSR count). The van der Waals surface area contributed by atoms with Crippen molar-refractivity contribution in [2.45, 2.75) is 19.4 Å². The van der Waals surface area contributed by atoms with Gasteiger partial charge >= 0.3 is 0 Å². The summed E-state index contributed by atoms with van der Waals surface area (Å²) in [5.74, 6) is 0. The van der Waals surface area contributed by atoms with Crippen molar-refractivity contribution in [3.8, 4) is 0 Å². The Kier molecular flexibility index (Phi) is 4.18. The highest BCUT2D eigenvalue weighted by atomic mass is 79.9. The Morgan fingerprint density at radius 2 is 2.15 bits per heavy atom. The minimum atomic E-state index is 0.725. The summed E-state index contributed by atoms with van der Waals surface area (Å²) < 4.78 is 0.920. The zero-order valence-corrected chi connectivity index (χ0v) is 13.4. The van der Waals surface area contributed by atoms with Gasteiger partial charge < -0.3 is 10.6 Å². The number of hydrogen-bond acceptors (Lipinski definition) is 2. The highest BCUT2D eigenvalue weighted by Gasteiger charge is 2.11. The molecule has 0 saturated heterocycles. The summed E-state index contributed by atoms with van der Waals surface area (Å²) in [7, 11) is 0. The molecule has 1 aliphatic heterocycles. The molecule has 2 nitrogen and oxygen atoms in total. The number of para-hydroxylation sites is 1. The molecule has 1 heterocycles. The smallest absolute Gasteiger partial charge is 0.0568 e. The maximum absolute atomic E-state index is 6.11. The zero-order valence-electron chi connectivity index (χ0n) is 11.0. The first kappa shape index (κ1) is 13.8. The third-order valence-electron chi connectivity index (χ3n) is 3.56. The number of rotatable bonds is 3. The van der Waals surface area contributed by atoms with E-state index in [1.807, 2.05) is 18.2 Å². The Hall–Kier alpha value is -1.19. The molecule has 0 amide bonds. The van der Waals surface area contributed by atoms with Crippen LogP contribution in [-0.2, 0) is 13.0 Å². The lowest BCUT2D eigenvalue weighted by molar-refractivity contribution is 0.825. The summed E-state index contributed by atoms with van der Waals surface area (Å²) in [4.78, 5) is 0. The quantitative estimate of drug-likeness (QED) is 0.806. The van der Waals surface area contributed by atoms with E-state index in [0.717, 1.165) is 28.3 Å². The van der Waals surface area contributed by atoms with E-state index in [1.54, 1.807) is 0 Å². The molecule has 0 bridgehead atoms. The molecule has 2 N–H and O–H groups in total. The van der Waals surface area contributed by atoms with Crippen molar-refractivity contribution in [2.75, 3.05) is 17.2 Å². The summed E-state index contributed by atoms with van der Waals surface area (Å²) in [5.41, 5.74) is 5.06. The topological polar surface area (TPSA) is 24.1 Å². The number of halogens is 2. The van der Waals surface area contributed by atoms with Crippen molar-refractivity contribution < 1.29 is 0 Å². The third kappa shape index (κ3) is 2.94. The van der Waals surface area contributed by atoms with Crippen LogP contribution in [-0.4, -0.2) is 6.54 Å². The first-order valence-electron chi connectivity index (χ1n) is 6.77. The van der Waals surface area contributed by atoms with Crippen molar-refractivity contribution in [3.63, 3.8) is 0 Å². The minimum Gasteiger partial charge on any atom is -0.385 e. The van der Waals surface area contributed by atoms with Gasteiger partial charge in [0.25, 0.3) is 0 Å². The number of fused-ring (bicyclic) bond motifs is 1. The fourth-order valence-electron chi connectivity index (χ4n) is 2.53. The highest BCUT2D eigenvalue weighted by Crippen LogP contribution is 2.28. The van der Waals surface area contributed by atoms with E-state index < -0.39 is 0 Å². The number of benzene rings is 2. The lowest BCUT2D eigenvalue weighted by Crippen LogP contribution is -2.14. The van der Waals surface area contributed by atoms with Crippen LogP contribution < -0.4 is 10.6 Å². The predicted octanol–water partition coefficient (Wildman–Crippen LogP) is 5.07. The molecule has 20 heavy (non-hydrogen) atoms. The molecule has 2 aromatic rings. The van der Waals surface area contributed by atoms with Gasteiger partial charge in [-0.05, 0) is 58.1 Å². The molecule has 4 heteroatoms. The monoisotopic (exact) mass is 350 g/mol. The van der Waals surface area contributed by atoms with E-state index in [1.165, 1.54) is 29.7 Å². The Bertz CT molecular complexity index is 628. The lowest BCUT2D eigenvalue weighted by atomic mass is 9.99. The summed E-state index contributed by atoms with van der Waals surface area (Å²) in [6.45, 7) is 1.86. The van der Waals surface area contributed by atoms with Gasteiger partial charge in [0.05, 0.1) is 5.02 Å². The molecule has 2 aromatic carbocycles. The minimum absolute atomic E-state index is 0.725.